The number of anilines is 1. The van der Waals surface area contributed by atoms with Gasteiger partial charge in [-0.3, -0.25) is 9.80 Å². The standard InChI is InChI=1S/C20H26F3N5S/c1-15-25-17(14-29-15)13-26-6-4-18(5-7-26)27-8-10-28(11-9-27)19-3-2-16(12-24-19)20(21,22)23/h2-3,12,14,18H,4-11,13H2,1H3. The van der Waals surface area contributed by atoms with Crippen LogP contribution in [-0.4, -0.2) is 65.1 Å². The Morgan fingerprint density at radius 1 is 1.07 bits per heavy atom. The summed E-state index contributed by atoms with van der Waals surface area (Å²) in [6.07, 6.45) is -1.10. The summed E-state index contributed by atoms with van der Waals surface area (Å²) in [5.41, 5.74) is 0.475. The molecule has 29 heavy (non-hydrogen) atoms. The monoisotopic (exact) mass is 425 g/mol. The maximum atomic E-state index is 12.7. The highest BCUT2D eigenvalue weighted by molar-refractivity contribution is 7.09. The number of aryl methyl sites for hydroxylation is 1. The number of halogens is 3. The van der Waals surface area contributed by atoms with Crippen molar-refractivity contribution in [2.24, 2.45) is 0 Å². The number of rotatable bonds is 4. The van der Waals surface area contributed by atoms with Crippen LogP contribution in [-0.2, 0) is 12.7 Å². The average molecular weight is 426 g/mol. The first-order valence-electron chi connectivity index (χ1n) is 10.0. The maximum absolute atomic E-state index is 12.7. The van der Waals surface area contributed by atoms with Crippen molar-refractivity contribution in [1.82, 2.24) is 19.8 Å². The van der Waals surface area contributed by atoms with Crippen LogP contribution in [0.5, 0.6) is 0 Å². The smallest absolute Gasteiger partial charge is 0.354 e. The Labute approximate surface area is 173 Å². The number of piperazine rings is 1. The molecule has 5 nitrogen and oxygen atoms in total. The molecule has 0 unspecified atom stereocenters. The first kappa shape index (κ1) is 20.6. The van der Waals surface area contributed by atoms with Crippen LogP contribution in [0, 0.1) is 6.92 Å². The van der Waals surface area contributed by atoms with Crippen LogP contribution >= 0.6 is 11.3 Å². The molecule has 0 atom stereocenters. The lowest BCUT2D eigenvalue weighted by atomic mass is 10.0. The fourth-order valence-electron chi connectivity index (χ4n) is 4.21. The Morgan fingerprint density at radius 2 is 1.79 bits per heavy atom. The first-order valence-corrected chi connectivity index (χ1v) is 10.9. The minimum atomic E-state index is -4.34. The van der Waals surface area contributed by atoms with Crippen molar-refractivity contribution in [3.63, 3.8) is 0 Å². The second-order valence-electron chi connectivity index (χ2n) is 7.79. The molecule has 0 radical (unpaired) electrons. The van der Waals surface area contributed by atoms with Crippen LogP contribution in [0.2, 0.25) is 0 Å². The largest absolute Gasteiger partial charge is 0.417 e. The molecular weight excluding hydrogens is 399 g/mol. The van der Waals surface area contributed by atoms with Crippen LogP contribution in [0.15, 0.2) is 23.7 Å². The average Bonchev–Trinajstić information content (AvgIpc) is 3.13. The minimum Gasteiger partial charge on any atom is -0.354 e. The molecule has 2 fully saturated rings. The van der Waals surface area contributed by atoms with Gasteiger partial charge in [0, 0.05) is 63.4 Å². The highest BCUT2D eigenvalue weighted by Gasteiger charge is 2.31. The zero-order valence-corrected chi connectivity index (χ0v) is 17.3. The van der Waals surface area contributed by atoms with Gasteiger partial charge in [-0.2, -0.15) is 13.2 Å². The zero-order valence-electron chi connectivity index (χ0n) is 16.5. The normalized spacial score (nSPS) is 20.3. The van der Waals surface area contributed by atoms with E-state index in [1.807, 2.05) is 6.92 Å². The van der Waals surface area contributed by atoms with E-state index in [1.165, 1.54) is 11.8 Å². The van der Waals surface area contributed by atoms with E-state index in [2.05, 4.69) is 30.0 Å². The van der Waals surface area contributed by atoms with Crippen molar-refractivity contribution >= 4 is 17.2 Å². The van der Waals surface area contributed by atoms with Crippen LogP contribution in [0.4, 0.5) is 19.0 Å². The number of hydrogen-bond acceptors (Lipinski definition) is 6. The van der Waals surface area contributed by atoms with Gasteiger partial charge < -0.3 is 4.90 Å². The van der Waals surface area contributed by atoms with Crippen LogP contribution in [0.25, 0.3) is 0 Å². The molecule has 158 valence electrons. The van der Waals surface area contributed by atoms with Gasteiger partial charge in [0.1, 0.15) is 5.82 Å². The number of hydrogen-bond donors (Lipinski definition) is 0. The lowest BCUT2D eigenvalue weighted by molar-refractivity contribution is -0.137. The van der Waals surface area contributed by atoms with E-state index in [1.54, 1.807) is 11.3 Å². The summed E-state index contributed by atoms with van der Waals surface area (Å²) < 4.78 is 38.1. The van der Waals surface area contributed by atoms with E-state index in [0.29, 0.717) is 11.9 Å². The van der Waals surface area contributed by atoms with Gasteiger partial charge in [-0.05, 0) is 31.9 Å². The van der Waals surface area contributed by atoms with Gasteiger partial charge in [-0.1, -0.05) is 0 Å². The van der Waals surface area contributed by atoms with E-state index in [9.17, 15) is 13.2 Å². The molecule has 2 aromatic rings. The van der Waals surface area contributed by atoms with Crippen molar-refractivity contribution in [1.29, 1.82) is 0 Å². The van der Waals surface area contributed by atoms with Gasteiger partial charge in [0.25, 0.3) is 0 Å². The summed E-state index contributed by atoms with van der Waals surface area (Å²) in [4.78, 5) is 15.7. The second kappa shape index (κ2) is 8.57. The van der Waals surface area contributed by atoms with E-state index < -0.39 is 11.7 Å². The van der Waals surface area contributed by atoms with E-state index in [-0.39, 0.29) is 0 Å². The predicted molar refractivity (Wildman–Crippen MR) is 108 cm³/mol. The van der Waals surface area contributed by atoms with E-state index in [4.69, 9.17) is 0 Å². The molecule has 2 aliphatic heterocycles. The number of aromatic nitrogens is 2. The zero-order chi connectivity index (χ0) is 20.4. The molecular formula is C20H26F3N5S. The summed E-state index contributed by atoms with van der Waals surface area (Å²) in [7, 11) is 0. The Hall–Kier alpha value is -1.71. The Morgan fingerprint density at radius 3 is 2.34 bits per heavy atom. The molecule has 2 aromatic heterocycles. The second-order valence-corrected chi connectivity index (χ2v) is 8.85. The maximum Gasteiger partial charge on any atom is 0.417 e. The molecule has 2 saturated heterocycles. The van der Waals surface area contributed by atoms with E-state index >= 15 is 0 Å². The number of pyridine rings is 1. The molecule has 4 heterocycles. The van der Waals surface area contributed by atoms with Crippen LogP contribution < -0.4 is 4.90 Å². The molecule has 0 aromatic carbocycles. The minimum absolute atomic E-state index is 0.589. The topological polar surface area (TPSA) is 35.5 Å². The number of likely N-dealkylation sites (tertiary alicyclic amines) is 1. The fourth-order valence-corrected chi connectivity index (χ4v) is 4.81. The summed E-state index contributed by atoms with van der Waals surface area (Å²) in [6, 6.07) is 3.19. The third-order valence-corrected chi connectivity index (χ3v) is 6.66. The van der Waals surface area contributed by atoms with Crippen LogP contribution in [0.1, 0.15) is 29.1 Å². The highest BCUT2D eigenvalue weighted by atomic mass is 32.1. The van der Waals surface area contributed by atoms with Crippen molar-refractivity contribution in [3.05, 3.63) is 40.0 Å². The van der Waals surface area contributed by atoms with Gasteiger partial charge >= 0.3 is 6.18 Å². The third-order valence-electron chi connectivity index (χ3n) is 5.84. The molecule has 2 aliphatic rings. The molecule has 0 bridgehead atoms. The van der Waals surface area contributed by atoms with Gasteiger partial charge in [-0.25, -0.2) is 9.97 Å². The van der Waals surface area contributed by atoms with Gasteiger partial charge in [-0.15, -0.1) is 11.3 Å². The molecule has 4 rings (SSSR count). The van der Waals surface area contributed by atoms with Crippen molar-refractivity contribution in [2.45, 2.75) is 38.5 Å². The number of thiazole rings is 1. The van der Waals surface area contributed by atoms with Crippen LogP contribution in [0.3, 0.4) is 0 Å². The van der Waals surface area contributed by atoms with Gasteiger partial charge in [0.15, 0.2) is 0 Å². The summed E-state index contributed by atoms with van der Waals surface area (Å²) >= 11 is 1.71. The van der Waals surface area contributed by atoms with Crippen molar-refractivity contribution < 1.29 is 13.2 Å². The first-order chi connectivity index (χ1) is 13.9. The Balaban J connectivity index is 1.24. The number of piperidine rings is 1. The molecule has 0 spiro atoms. The Bertz CT molecular complexity index is 791. The van der Waals surface area contributed by atoms with Crippen molar-refractivity contribution in [2.75, 3.05) is 44.2 Å². The molecule has 0 N–H and O–H groups in total. The Kier molecular flexibility index (Phi) is 6.08. The molecule has 0 aliphatic carbocycles. The molecule has 0 amide bonds. The number of alkyl halides is 3. The fraction of sp³-hybridized carbons (Fsp3) is 0.600. The van der Waals surface area contributed by atoms with Crippen molar-refractivity contribution in [3.8, 4) is 0 Å². The van der Waals surface area contributed by atoms with Gasteiger partial charge in [0.2, 0.25) is 0 Å². The number of nitrogens with zero attached hydrogens (tertiary/aromatic N) is 5. The molecule has 0 saturated carbocycles. The third kappa shape index (κ3) is 5.07. The van der Waals surface area contributed by atoms with Gasteiger partial charge in [0.05, 0.1) is 16.3 Å². The SMILES string of the molecule is Cc1nc(CN2CCC(N3CCN(c4ccc(C(F)(F)F)cn4)CC3)CC2)cs1. The summed E-state index contributed by atoms with van der Waals surface area (Å²) in [5, 5.41) is 3.27. The molecule has 9 heteroatoms. The lowest BCUT2D eigenvalue weighted by Crippen LogP contribution is -2.53. The summed E-state index contributed by atoms with van der Waals surface area (Å²) in [5.74, 6) is 0.631. The van der Waals surface area contributed by atoms with E-state index in [0.717, 1.165) is 75.9 Å². The lowest BCUT2D eigenvalue weighted by Gasteiger charge is -2.43. The highest BCUT2D eigenvalue weighted by Crippen LogP contribution is 2.29. The quantitative estimate of drug-likeness (QED) is 0.747. The predicted octanol–water partition coefficient (Wildman–Crippen LogP) is 3.65. The summed E-state index contributed by atoms with van der Waals surface area (Å²) in [6.45, 7) is 8.61.